The predicted octanol–water partition coefficient (Wildman–Crippen LogP) is 3.71. The quantitative estimate of drug-likeness (QED) is 0.707. The first kappa shape index (κ1) is 10.8. The Kier molecular flexibility index (Phi) is 3.71. The average molecular weight is 187 g/mol. The average Bonchev–Trinajstić information content (AvgIpc) is 2.12. The molecule has 0 amide bonds. The molecular weight excluding hydrogens is 170 g/mol. The van der Waals surface area contributed by atoms with Gasteiger partial charge in [0.15, 0.2) is 0 Å². The molecule has 0 aliphatic carbocycles. The van der Waals surface area contributed by atoms with Gasteiger partial charge in [-0.25, -0.2) is 0 Å². The van der Waals surface area contributed by atoms with Crippen LogP contribution >= 0.6 is 0 Å². The van der Waals surface area contributed by atoms with Crippen LogP contribution in [-0.2, 0) is 0 Å². The van der Waals surface area contributed by atoms with Crippen molar-refractivity contribution in [3.63, 3.8) is 0 Å². The summed E-state index contributed by atoms with van der Waals surface area (Å²) in [5.74, 6) is 0.494. The fourth-order valence-corrected chi connectivity index (χ4v) is 1.74. The number of hydrogen-bond acceptors (Lipinski definition) is 1. The molecule has 0 aliphatic rings. The van der Waals surface area contributed by atoms with Gasteiger partial charge in [-0.1, -0.05) is 36.2 Å². The molecule has 1 nitrogen and oxygen atoms in total. The minimum absolute atomic E-state index is 0.494. The highest BCUT2D eigenvalue weighted by molar-refractivity contribution is 5.30. The smallest absolute Gasteiger partial charge is 0.0621 e. The van der Waals surface area contributed by atoms with Crippen LogP contribution in [0.3, 0.4) is 0 Å². The molecule has 1 aromatic carbocycles. The molecule has 0 fully saturated rings. The Morgan fingerprint density at radius 3 is 2.29 bits per heavy atom. The summed E-state index contributed by atoms with van der Waals surface area (Å²) in [6.07, 6.45) is 1.60. The monoisotopic (exact) mass is 187 g/mol. The van der Waals surface area contributed by atoms with Gasteiger partial charge in [-0.05, 0) is 31.7 Å². The van der Waals surface area contributed by atoms with E-state index in [9.17, 15) is 0 Å². The molecule has 1 atom stereocenters. The third-order valence-electron chi connectivity index (χ3n) is 2.50. The van der Waals surface area contributed by atoms with E-state index in [1.54, 1.807) is 0 Å². The third kappa shape index (κ3) is 2.88. The van der Waals surface area contributed by atoms with Gasteiger partial charge in [0, 0.05) is 6.42 Å². The zero-order chi connectivity index (χ0) is 10.6. The van der Waals surface area contributed by atoms with Gasteiger partial charge in [-0.2, -0.15) is 5.26 Å². The molecule has 1 rings (SSSR count). The molecule has 0 heterocycles. The first-order valence-corrected chi connectivity index (χ1v) is 5.08. The zero-order valence-electron chi connectivity index (χ0n) is 9.17. The van der Waals surface area contributed by atoms with Gasteiger partial charge in [-0.3, -0.25) is 0 Å². The number of hydrogen-bond donors (Lipinski definition) is 0. The van der Waals surface area contributed by atoms with Crippen molar-refractivity contribution in [2.45, 2.75) is 39.5 Å². The summed E-state index contributed by atoms with van der Waals surface area (Å²) in [6.45, 7) is 6.42. The number of rotatable bonds is 3. The second kappa shape index (κ2) is 4.81. The molecule has 1 unspecified atom stereocenters. The summed E-state index contributed by atoms with van der Waals surface area (Å²) in [5.41, 5.74) is 3.98. The normalized spacial score (nSPS) is 12.1. The lowest BCUT2D eigenvalue weighted by Crippen LogP contribution is -1.94. The SMILES string of the molecule is Cc1cc(C)cc(C(C)CCC#N)c1. The van der Waals surface area contributed by atoms with Gasteiger partial charge >= 0.3 is 0 Å². The van der Waals surface area contributed by atoms with Crippen LogP contribution in [0.2, 0.25) is 0 Å². The fraction of sp³-hybridized carbons (Fsp3) is 0.462. The maximum atomic E-state index is 8.52. The van der Waals surface area contributed by atoms with Crippen molar-refractivity contribution in [1.82, 2.24) is 0 Å². The highest BCUT2D eigenvalue weighted by Gasteiger charge is 2.05. The Balaban J connectivity index is 2.79. The van der Waals surface area contributed by atoms with Gasteiger partial charge in [-0.15, -0.1) is 0 Å². The lowest BCUT2D eigenvalue weighted by molar-refractivity contribution is 0.694. The Hall–Kier alpha value is -1.29. The predicted molar refractivity (Wildman–Crippen MR) is 59.2 cm³/mol. The lowest BCUT2D eigenvalue weighted by Gasteiger charge is -2.11. The van der Waals surface area contributed by atoms with E-state index in [4.69, 9.17) is 5.26 Å². The van der Waals surface area contributed by atoms with E-state index in [1.807, 2.05) is 0 Å². The Labute approximate surface area is 86.4 Å². The van der Waals surface area contributed by atoms with Crippen LogP contribution in [0.1, 0.15) is 42.4 Å². The summed E-state index contributed by atoms with van der Waals surface area (Å²) in [5, 5.41) is 8.52. The molecule has 0 aromatic heterocycles. The van der Waals surface area contributed by atoms with Crippen molar-refractivity contribution >= 4 is 0 Å². The molecule has 1 heteroatoms. The second-order valence-electron chi connectivity index (χ2n) is 4.02. The van der Waals surface area contributed by atoms with Gasteiger partial charge in [0.05, 0.1) is 6.07 Å². The van der Waals surface area contributed by atoms with Crippen molar-refractivity contribution in [2.24, 2.45) is 0 Å². The summed E-state index contributed by atoms with van der Waals surface area (Å²) in [4.78, 5) is 0. The van der Waals surface area contributed by atoms with Crippen LogP contribution < -0.4 is 0 Å². The van der Waals surface area contributed by atoms with E-state index in [-0.39, 0.29) is 0 Å². The number of aryl methyl sites for hydroxylation is 2. The largest absolute Gasteiger partial charge is 0.198 e. The highest BCUT2D eigenvalue weighted by atomic mass is 14.2. The Bertz CT molecular complexity index is 326. The van der Waals surface area contributed by atoms with E-state index < -0.39 is 0 Å². The van der Waals surface area contributed by atoms with E-state index in [2.05, 4.69) is 45.0 Å². The minimum Gasteiger partial charge on any atom is -0.198 e. The molecule has 14 heavy (non-hydrogen) atoms. The first-order chi connectivity index (χ1) is 6.63. The van der Waals surface area contributed by atoms with E-state index in [0.717, 1.165) is 6.42 Å². The molecule has 1 aromatic rings. The van der Waals surface area contributed by atoms with Crippen molar-refractivity contribution in [2.75, 3.05) is 0 Å². The Morgan fingerprint density at radius 2 is 1.79 bits per heavy atom. The van der Waals surface area contributed by atoms with Crippen molar-refractivity contribution in [1.29, 1.82) is 5.26 Å². The highest BCUT2D eigenvalue weighted by Crippen LogP contribution is 2.22. The molecule has 0 radical (unpaired) electrons. The summed E-state index contributed by atoms with van der Waals surface area (Å²) in [6, 6.07) is 8.81. The van der Waals surface area contributed by atoms with E-state index in [1.165, 1.54) is 16.7 Å². The second-order valence-corrected chi connectivity index (χ2v) is 4.02. The molecule has 0 saturated heterocycles. The standard InChI is InChI=1S/C13H17N/c1-10-7-11(2)9-13(8-10)12(3)5-4-6-14/h7-9,12H,4-5H2,1-3H3. The molecule has 0 saturated carbocycles. The van der Waals surface area contributed by atoms with Crippen molar-refractivity contribution in [3.8, 4) is 6.07 Å². The van der Waals surface area contributed by atoms with Gasteiger partial charge < -0.3 is 0 Å². The summed E-state index contributed by atoms with van der Waals surface area (Å²) < 4.78 is 0. The molecule has 0 spiro atoms. The molecular formula is C13H17N. The Morgan fingerprint density at radius 1 is 1.21 bits per heavy atom. The van der Waals surface area contributed by atoms with Crippen LogP contribution in [0.5, 0.6) is 0 Å². The van der Waals surface area contributed by atoms with Gasteiger partial charge in [0.25, 0.3) is 0 Å². The topological polar surface area (TPSA) is 23.8 Å². The van der Waals surface area contributed by atoms with Gasteiger partial charge in [0.2, 0.25) is 0 Å². The maximum absolute atomic E-state index is 8.52. The van der Waals surface area contributed by atoms with Crippen molar-refractivity contribution in [3.05, 3.63) is 34.9 Å². The van der Waals surface area contributed by atoms with E-state index in [0.29, 0.717) is 12.3 Å². The maximum Gasteiger partial charge on any atom is 0.0621 e. The van der Waals surface area contributed by atoms with E-state index >= 15 is 0 Å². The number of benzene rings is 1. The third-order valence-corrected chi connectivity index (χ3v) is 2.50. The lowest BCUT2D eigenvalue weighted by atomic mass is 9.94. The zero-order valence-corrected chi connectivity index (χ0v) is 9.17. The van der Waals surface area contributed by atoms with Crippen LogP contribution in [0, 0.1) is 25.2 Å². The van der Waals surface area contributed by atoms with Crippen LogP contribution in [-0.4, -0.2) is 0 Å². The summed E-state index contributed by atoms with van der Waals surface area (Å²) >= 11 is 0. The molecule has 0 N–H and O–H groups in total. The van der Waals surface area contributed by atoms with Crippen LogP contribution in [0.25, 0.3) is 0 Å². The number of nitrogens with zero attached hydrogens (tertiary/aromatic N) is 1. The fourth-order valence-electron chi connectivity index (χ4n) is 1.74. The van der Waals surface area contributed by atoms with Crippen LogP contribution in [0.15, 0.2) is 18.2 Å². The molecule has 0 aliphatic heterocycles. The van der Waals surface area contributed by atoms with Crippen molar-refractivity contribution < 1.29 is 0 Å². The van der Waals surface area contributed by atoms with Crippen LogP contribution in [0.4, 0.5) is 0 Å². The number of nitriles is 1. The van der Waals surface area contributed by atoms with Gasteiger partial charge in [0.1, 0.15) is 0 Å². The first-order valence-electron chi connectivity index (χ1n) is 5.08. The molecule has 0 bridgehead atoms. The molecule has 74 valence electrons. The summed E-state index contributed by atoms with van der Waals surface area (Å²) in [7, 11) is 0. The minimum atomic E-state index is 0.494.